The topological polar surface area (TPSA) is 34.1 Å². The summed E-state index contributed by atoms with van der Waals surface area (Å²) in [4.78, 5) is 24.1. The van der Waals surface area contributed by atoms with E-state index in [2.05, 4.69) is 6.92 Å². The summed E-state index contributed by atoms with van der Waals surface area (Å²) in [6.07, 6.45) is 11.7. The van der Waals surface area contributed by atoms with Gasteiger partial charge in [-0.2, -0.15) is 0 Å². The van der Waals surface area contributed by atoms with E-state index in [1.165, 1.54) is 38.5 Å². The van der Waals surface area contributed by atoms with E-state index < -0.39 is 0 Å². The Balaban J connectivity index is 1.60. The molecule has 2 heteroatoms. The van der Waals surface area contributed by atoms with Gasteiger partial charge in [-0.1, -0.05) is 6.92 Å². The van der Waals surface area contributed by atoms with Crippen molar-refractivity contribution < 1.29 is 9.59 Å². The molecule has 0 unspecified atom stereocenters. The molecule has 0 aromatic rings. The van der Waals surface area contributed by atoms with E-state index in [0.717, 1.165) is 49.4 Å². The molecule has 0 spiro atoms. The zero-order valence-corrected chi connectivity index (χ0v) is 14.9. The fourth-order valence-electron chi connectivity index (χ4n) is 7.76. The number of rotatable bonds is 2. The van der Waals surface area contributed by atoms with Crippen molar-refractivity contribution in [3.8, 4) is 0 Å². The second-order valence-electron chi connectivity index (χ2n) is 9.08. The first kappa shape index (κ1) is 15.8. The largest absolute Gasteiger partial charge is 0.300 e. The molecule has 0 N–H and O–H groups in total. The maximum Gasteiger partial charge on any atom is 0.133 e. The van der Waals surface area contributed by atoms with Crippen molar-refractivity contribution in [3.63, 3.8) is 0 Å². The predicted octanol–water partition coefficient (Wildman–Crippen LogP) is 4.80. The molecule has 0 bridgehead atoms. The molecule has 4 rings (SSSR count). The fourth-order valence-corrected chi connectivity index (χ4v) is 7.76. The zero-order valence-electron chi connectivity index (χ0n) is 14.9. The van der Waals surface area contributed by atoms with Crippen molar-refractivity contribution in [2.75, 3.05) is 0 Å². The van der Waals surface area contributed by atoms with Crippen molar-refractivity contribution in [1.29, 1.82) is 0 Å². The summed E-state index contributed by atoms with van der Waals surface area (Å²) in [6.45, 7) is 4.17. The molecule has 0 radical (unpaired) electrons. The SMILES string of the molecule is CC[C@]12CC[C@H]3[C@@H](CC[C@H]4CC(=O)CC[C@@H]43)[C@@H]1CC[C@@H]2C(C)=O. The van der Waals surface area contributed by atoms with E-state index >= 15 is 0 Å². The zero-order chi connectivity index (χ0) is 16.2. The Morgan fingerprint density at radius 1 is 1.04 bits per heavy atom. The van der Waals surface area contributed by atoms with Crippen molar-refractivity contribution in [2.45, 2.75) is 78.1 Å². The fraction of sp³-hybridized carbons (Fsp3) is 0.905. The normalized spacial score (nSPS) is 49.2. The molecule has 0 aromatic heterocycles. The van der Waals surface area contributed by atoms with Gasteiger partial charge in [0.25, 0.3) is 0 Å². The van der Waals surface area contributed by atoms with Gasteiger partial charge in [-0.25, -0.2) is 0 Å². The first-order valence-corrected chi connectivity index (χ1v) is 10.1. The minimum absolute atomic E-state index is 0.324. The van der Waals surface area contributed by atoms with E-state index in [-0.39, 0.29) is 0 Å². The number of hydrogen-bond acceptors (Lipinski definition) is 2. The van der Waals surface area contributed by atoms with Crippen LogP contribution in [-0.4, -0.2) is 11.6 Å². The molecular weight excluding hydrogens is 284 g/mol. The standard InChI is InChI=1S/C21H32O2/c1-3-21-11-10-17-16-7-5-15(23)12-14(16)4-6-18(17)20(21)9-8-19(21)13(2)22/h14,16-20H,3-12H2,1-2H3/t14-,16-,17+,18+,19+,20-,21+/m0/s1. The Morgan fingerprint density at radius 3 is 2.61 bits per heavy atom. The number of carbonyl (C=O) groups is 2. The number of hydrogen-bond donors (Lipinski definition) is 0. The average molecular weight is 316 g/mol. The van der Waals surface area contributed by atoms with Crippen LogP contribution in [0.1, 0.15) is 78.1 Å². The molecule has 4 aliphatic rings. The lowest BCUT2D eigenvalue weighted by molar-refractivity contribution is -0.133. The van der Waals surface area contributed by atoms with Crippen LogP contribution in [0.25, 0.3) is 0 Å². The third kappa shape index (κ3) is 2.27. The van der Waals surface area contributed by atoms with Crippen LogP contribution in [0.5, 0.6) is 0 Å². The summed E-state index contributed by atoms with van der Waals surface area (Å²) >= 11 is 0. The minimum atomic E-state index is 0.324. The molecule has 23 heavy (non-hydrogen) atoms. The molecule has 0 amide bonds. The van der Waals surface area contributed by atoms with Crippen LogP contribution < -0.4 is 0 Å². The van der Waals surface area contributed by atoms with Crippen molar-refractivity contribution in [1.82, 2.24) is 0 Å². The number of fused-ring (bicyclic) bond motifs is 5. The molecule has 0 heterocycles. The summed E-state index contributed by atoms with van der Waals surface area (Å²) in [5.41, 5.74) is 0.324. The number of carbonyl (C=O) groups excluding carboxylic acids is 2. The van der Waals surface area contributed by atoms with Gasteiger partial charge in [-0.3, -0.25) is 9.59 Å². The molecule has 0 aromatic carbocycles. The van der Waals surface area contributed by atoms with Gasteiger partial charge in [0.1, 0.15) is 11.6 Å². The molecule has 7 atom stereocenters. The third-order valence-corrected chi connectivity index (χ3v) is 8.63. The van der Waals surface area contributed by atoms with E-state index in [9.17, 15) is 9.59 Å². The second kappa shape index (κ2) is 5.70. The van der Waals surface area contributed by atoms with Gasteiger partial charge >= 0.3 is 0 Å². The van der Waals surface area contributed by atoms with Gasteiger partial charge in [0, 0.05) is 18.8 Å². The Hall–Kier alpha value is -0.660. The molecule has 128 valence electrons. The first-order valence-electron chi connectivity index (χ1n) is 10.1. The van der Waals surface area contributed by atoms with E-state index in [1.807, 2.05) is 6.92 Å². The smallest absolute Gasteiger partial charge is 0.133 e. The lowest BCUT2D eigenvalue weighted by Crippen LogP contribution is -2.50. The van der Waals surface area contributed by atoms with Gasteiger partial charge in [0.15, 0.2) is 0 Å². The maximum absolute atomic E-state index is 12.3. The molecule has 0 aliphatic heterocycles. The highest BCUT2D eigenvalue weighted by Gasteiger charge is 2.59. The quantitative estimate of drug-likeness (QED) is 0.733. The summed E-state index contributed by atoms with van der Waals surface area (Å²) < 4.78 is 0. The summed E-state index contributed by atoms with van der Waals surface area (Å²) in [6, 6.07) is 0. The first-order chi connectivity index (χ1) is 11.1. The highest BCUT2D eigenvalue weighted by molar-refractivity contribution is 5.80. The van der Waals surface area contributed by atoms with Crippen LogP contribution in [0.15, 0.2) is 0 Å². The molecule has 4 aliphatic carbocycles. The predicted molar refractivity (Wildman–Crippen MR) is 90.9 cm³/mol. The van der Waals surface area contributed by atoms with Crippen LogP contribution in [0.4, 0.5) is 0 Å². The summed E-state index contributed by atoms with van der Waals surface area (Å²) in [7, 11) is 0. The minimum Gasteiger partial charge on any atom is -0.300 e. The number of Topliss-reactive ketones (excluding diaryl/α,β-unsaturated/α-hetero) is 2. The van der Waals surface area contributed by atoms with Crippen LogP contribution in [0.2, 0.25) is 0 Å². The Kier molecular flexibility index (Phi) is 3.93. The molecule has 4 fully saturated rings. The molecule has 0 saturated heterocycles. The van der Waals surface area contributed by atoms with Crippen LogP contribution in [0.3, 0.4) is 0 Å². The van der Waals surface area contributed by atoms with Crippen LogP contribution in [0, 0.1) is 40.9 Å². The average Bonchev–Trinajstić information content (AvgIpc) is 2.94. The highest BCUT2D eigenvalue weighted by atomic mass is 16.1. The van der Waals surface area contributed by atoms with Gasteiger partial charge in [0.2, 0.25) is 0 Å². The Morgan fingerprint density at radius 2 is 1.87 bits per heavy atom. The highest BCUT2D eigenvalue weighted by Crippen LogP contribution is 2.65. The van der Waals surface area contributed by atoms with E-state index in [0.29, 0.717) is 28.8 Å². The van der Waals surface area contributed by atoms with Crippen LogP contribution in [-0.2, 0) is 9.59 Å². The van der Waals surface area contributed by atoms with Crippen molar-refractivity contribution in [2.24, 2.45) is 40.9 Å². The van der Waals surface area contributed by atoms with Crippen molar-refractivity contribution in [3.05, 3.63) is 0 Å². The number of ketones is 2. The van der Waals surface area contributed by atoms with Gasteiger partial charge in [-0.05, 0) is 93.3 Å². The second-order valence-corrected chi connectivity index (χ2v) is 9.08. The Labute approximate surface area is 140 Å². The monoisotopic (exact) mass is 316 g/mol. The Bertz CT molecular complexity index is 510. The lowest BCUT2D eigenvalue weighted by Gasteiger charge is -2.56. The summed E-state index contributed by atoms with van der Waals surface area (Å²) in [5.74, 6) is 5.31. The lowest BCUT2D eigenvalue weighted by atomic mass is 9.48. The van der Waals surface area contributed by atoms with Crippen LogP contribution >= 0.6 is 0 Å². The molecular formula is C21H32O2. The third-order valence-electron chi connectivity index (χ3n) is 8.63. The van der Waals surface area contributed by atoms with Gasteiger partial charge in [-0.15, -0.1) is 0 Å². The molecule has 4 saturated carbocycles. The van der Waals surface area contributed by atoms with E-state index in [1.54, 1.807) is 0 Å². The maximum atomic E-state index is 12.3. The van der Waals surface area contributed by atoms with E-state index in [4.69, 9.17) is 0 Å². The molecule has 2 nitrogen and oxygen atoms in total. The summed E-state index contributed by atoms with van der Waals surface area (Å²) in [5, 5.41) is 0. The van der Waals surface area contributed by atoms with Gasteiger partial charge in [0.05, 0.1) is 0 Å². The van der Waals surface area contributed by atoms with Gasteiger partial charge < -0.3 is 0 Å². The van der Waals surface area contributed by atoms with Crippen molar-refractivity contribution >= 4 is 11.6 Å².